The van der Waals surface area contributed by atoms with Crippen molar-refractivity contribution in [2.45, 2.75) is 82.1 Å². The Kier molecular flexibility index (Phi) is 14.0. The molecule has 4 aliphatic rings. The van der Waals surface area contributed by atoms with Gasteiger partial charge in [-0.3, -0.25) is 33.8 Å². The molecule has 2 amide bonds. The highest BCUT2D eigenvalue weighted by molar-refractivity contribution is 6.30. The summed E-state index contributed by atoms with van der Waals surface area (Å²) in [6.07, 6.45) is 9.77. The maximum atomic E-state index is 14.1. The van der Waals surface area contributed by atoms with Crippen LogP contribution in [0.2, 0.25) is 5.02 Å². The van der Waals surface area contributed by atoms with Crippen molar-refractivity contribution in [2.24, 2.45) is 7.05 Å². The standard InChI is InChI=1S/C52H58ClFN10O5/c1-59-47-27-34(6-13-45(47)64(52(59)68)46-14-15-48(66)57-50(46)67)3-2-25-69-26-24-60-18-16-40(17-19-60)62-22-20-61(21-23-62)32-35-4-7-36(8-5-35)44-33-63(41-9-11-42(65)12-10-41)49-43(44)31-55-51(58-49)56-39-29-37(53)28-38(54)30-39/h4-8,13,27-31,33,40-42,46,65H,9-12,14-26,32H2,1H3,(H,55,56,58)(H,57,66,67). The van der Waals surface area contributed by atoms with E-state index in [2.05, 4.69) is 77.2 Å². The number of aryl methyl sites for hydroxylation is 1. The molecule has 15 nitrogen and oxygen atoms in total. The first kappa shape index (κ1) is 46.8. The van der Waals surface area contributed by atoms with E-state index in [0.717, 1.165) is 119 Å². The number of ether oxygens (including phenoxy) is 1. The molecular formula is C52H58ClFN10O5. The maximum Gasteiger partial charge on any atom is 0.329 e. The van der Waals surface area contributed by atoms with Gasteiger partial charge >= 0.3 is 5.69 Å². The fraction of sp³-hybridized carbons (Fsp3) is 0.442. The highest BCUT2D eigenvalue weighted by atomic mass is 35.5. The molecular weight excluding hydrogens is 899 g/mol. The van der Waals surface area contributed by atoms with Crippen molar-refractivity contribution in [1.82, 2.24) is 43.7 Å². The van der Waals surface area contributed by atoms with E-state index in [1.165, 1.54) is 26.8 Å². The van der Waals surface area contributed by atoms with Crippen LogP contribution in [-0.2, 0) is 27.9 Å². The fourth-order valence-electron chi connectivity index (χ4n) is 10.7. The lowest BCUT2D eigenvalue weighted by molar-refractivity contribution is -0.135. The third kappa shape index (κ3) is 10.5. The van der Waals surface area contributed by atoms with Gasteiger partial charge in [-0.1, -0.05) is 47.7 Å². The monoisotopic (exact) mass is 956 g/mol. The Morgan fingerprint density at radius 1 is 0.884 bits per heavy atom. The normalized spacial score (nSPS) is 21.1. The molecule has 6 aromatic rings. The van der Waals surface area contributed by atoms with Crippen LogP contribution in [0.25, 0.3) is 33.2 Å². The molecule has 10 rings (SSSR count). The third-order valence-electron chi connectivity index (χ3n) is 14.5. The SMILES string of the molecule is Cn1c(=O)n(C2CCC(=O)NC2=O)c2ccc(C#CCOCCN3CCC(N4CCN(Cc5ccc(-c6cn(C7CCC(O)CC7)c7nc(Nc8cc(F)cc(Cl)c8)ncc67)cc5)CC4)CC3)cc21. The molecule has 360 valence electrons. The highest BCUT2D eigenvalue weighted by Crippen LogP contribution is 2.37. The van der Waals surface area contributed by atoms with Gasteiger partial charge in [0.05, 0.1) is 23.7 Å². The number of anilines is 2. The number of imide groups is 1. The van der Waals surface area contributed by atoms with E-state index in [1.54, 1.807) is 13.1 Å². The lowest BCUT2D eigenvalue weighted by atomic mass is 9.93. The molecule has 4 fully saturated rings. The number of piperidine rings is 2. The van der Waals surface area contributed by atoms with E-state index in [1.807, 2.05) is 24.4 Å². The van der Waals surface area contributed by atoms with Gasteiger partial charge in [0.15, 0.2) is 0 Å². The van der Waals surface area contributed by atoms with Crippen LogP contribution >= 0.6 is 11.6 Å². The summed E-state index contributed by atoms with van der Waals surface area (Å²) in [5.41, 5.74) is 6.49. The number of carbonyl (C=O) groups excluding carboxylic acids is 2. The minimum Gasteiger partial charge on any atom is -0.393 e. The molecule has 3 N–H and O–H groups in total. The van der Waals surface area contributed by atoms with Gasteiger partial charge in [0.2, 0.25) is 17.8 Å². The van der Waals surface area contributed by atoms with Gasteiger partial charge < -0.3 is 24.6 Å². The fourth-order valence-corrected chi connectivity index (χ4v) is 10.9. The second kappa shape index (κ2) is 20.6. The first-order valence-electron chi connectivity index (χ1n) is 24.2. The predicted octanol–water partition coefficient (Wildman–Crippen LogP) is 6.39. The molecule has 1 saturated carbocycles. The minimum absolute atomic E-state index is 0.199. The van der Waals surface area contributed by atoms with Crippen LogP contribution in [-0.4, -0.2) is 126 Å². The number of carbonyl (C=O) groups is 2. The number of benzene rings is 3. The molecule has 6 heterocycles. The van der Waals surface area contributed by atoms with Crippen molar-refractivity contribution >= 4 is 57.1 Å². The Morgan fingerprint density at radius 3 is 2.42 bits per heavy atom. The Labute approximate surface area is 405 Å². The molecule has 1 aliphatic carbocycles. The molecule has 17 heteroatoms. The largest absolute Gasteiger partial charge is 0.393 e. The molecule has 3 aromatic heterocycles. The van der Waals surface area contributed by atoms with Crippen LogP contribution in [0.5, 0.6) is 0 Å². The Morgan fingerprint density at radius 2 is 1.67 bits per heavy atom. The number of aromatic nitrogens is 5. The molecule has 0 bridgehead atoms. The van der Waals surface area contributed by atoms with Crippen LogP contribution in [0.4, 0.5) is 16.0 Å². The van der Waals surface area contributed by atoms with E-state index < -0.39 is 17.8 Å². The number of piperazine rings is 1. The lowest BCUT2D eigenvalue weighted by Gasteiger charge is -2.42. The van der Waals surface area contributed by atoms with Crippen molar-refractivity contribution < 1.29 is 23.8 Å². The molecule has 0 spiro atoms. The number of aliphatic hydroxyl groups is 1. The van der Waals surface area contributed by atoms with Gasteiger partial charge in [-0.15, -0.1) is 0 Å². The van der Waals surface area contributed by atoms with Gasteiger partial charge in [-0.05, 0) is 106 Å². The number of amides is 2. The van der Waals surface area contributed by atoms with Crippen LogP contribution < -0.4 is 16.3 Å². The van der Waals surface area contributed by atoms with Crippen LogP contribution in [0.1, 0.15) is 74.6 Å². The summed E-state index contributed by atoms with van der Waals surface area (Å²) < 4.78 is 25.2. The average molecular weight is 958 g/mol. The van der Waals surface area contributed by atoms with Gasteiger partial charge in [0.1, 0.15) is 24.1 Å². The molecule has 1 unspecified atom stereocenters. The van der Waals surface area contributed by atoms with E-state index in [0.29, 0.717) is 53.4 Å². The number of likely N-dealkylation sites (tertiary alicyclic amines) is 1. The zero-order valence-electron chi connectivity index (χ0n) is 38.9. The van der Waals surface area contributed by atoms with E-state index >= 15 is 0 Å². The summed E-state index contributed by atoms with van der Waals surface area (Å²) in [5.74, 6) is 5.41. The molecule has 1 atom stereocenters. The quantitative estimate of drug-likeness (QED) is 0.0711. The lowest BCUT2D eigenvalue weighted by Crippen LogP contribution is -2.53. The van der Waals surface area contributed by atoms with Crippen LogP contribution in [0.3, 0.4) is 0 Å². The number of aliphatic hydroxyl groups excluding tert-OH is 1. The number of hydrogen-bond donors (Lipinski definition) is 3. The molecule has 0 radical (unpaired) electrons. The zero-order valence-corrected chi connectivity index (χ0v) is 39.6. The van der Waals surface area contributed by atoms with Crippen molar-refractivity contribution in [3.05, 3.63) is 106 Å². The number of imidazole rings is 1. The summed E-state index contributed by atoms with van der Waals surface area (Å²) >= 11 is 6.11. The van der Waals surface area contributed by atoms with Gasteiger partial charge in [0.25, 0.3) is 0 Å². The minimum atomic E-state index is -0.718. The molecule has 3 aliphatic heterocycles. The van der Waals surface area contributed by atoms with Crippen molar-refractivity contribution in [1.29, 1.82) is 0 Å². The number of hydrogen-bond acceptors (Lipinski definition) is 11. The van der Waals surface area contributed by atoms with Crippen molar-refractivity contribution in [2.75, 3.05) is 64.3 Å². The second-order valence-corrected chi connectivity index (χ2v) is 19.4. The second-order valence-electron chi connectivity index (χ2n) is 18.9. The topological polar surface area (TPSA) is 155 Å². The summed E-state index contributed by atoms with van der Waals surface area (Å²) in [5, 5.41) is 17.0. The summed E-state index contributed by atoms with van der Waals surface area (Å²) in [6, 6.07) is 18.7. The van der Waals surface area contributed by atoms with Gasteiger partial charge in [-0.25, -0.2) is 14.2 Å². The predicted molar refractivity (Wildman–Crippen MR) is 264 cm³/mol. The van der Waals surface area contributed by atoms with Crippen molar-refractivity contribution in [3.63, 3.8) is 0 Å². The number of nitrogens with one attached hydrogen (secondary N) is 2. The number of halogens is 2. The first-order valence-corrected chi connectivity index (χ1v) is 24.6. The Bertz CT molecular complexity index is 2950. The Balaban J connectivity index is 0.674. The Hall–Kier alpha value is -5.93. The average Bonchev–Trinajstić information content (AvgIpc) is 3.84. The van der Waals surface area contributed by atoms with Crippen LogP contribution in [0, 0.1) is 17.7 Å². The highest BCUT2D eigenvalue weighted by Gasteiger charge is 2.32. The van der Waals surface area contributed by atoms with E-state index in [4.69, 9.17) is 21.3 Å². The number of fused-ring (bicyclic) bond motifs is 2. The van der Waals surface area contributed by atoms with Gasteiger partial charge in [-0.2, -0.15) is 4.98 Å². The number of nitrogens with zero attached hydrogens (tertiary/aromatic N) is 8. The zero-order chi connectivity index (χ0) is 47.6. The number of rotatable bonds is 12. The molecule has 69 heavy (non-hydrogen) atoms. The first-order chi connectivity index (χ1) is 33.5. The maximum absolute atomic E-state index is 14.1. The smallest absolute Gasteiger partial charge is 0.329 e. The molecule has 3 saturated heterocycles. The third-order valence-corrected chi connectivity index (χ3v) is 14.7. The molecule has 3 aromatic carbocycles. The van der Waals surface area contributed by atoms with Crippen LogP contribution in [0.15, 0.2) is 77.9 Å². The van der Waals surface area contributed by atoms with Gasteiger partial charge in [0, 0.05) is 104 Å². The van der Waals surface area contributed by atoms with E-state index in [-0.39, 0.29) is 30.2 Å². The summed E-state index contributed by atoms with van der Waals surface area (Å²) in [6.45, 7) is 9.03. The van der Waals surface area contributed by atoms with E-state index in [9.17, 15) is 23.9 Å². The van der Waals surface area contributed by atoms with Crippen molar-refractivity contribution in [3.8, 4) is 23.0 Å². The summed E-state index contributed by atoms with van der Waals surface area (Å²) in [4.78, 5) is 54.5. The summed E-state index contributed by atoms with van der Waals surface area (Å²) in [7, 11) is 1.68.